The van der Waals surface area contributed by atoms with Crippen molar-refractivity contribution in [3.8, 4) is 10.8 Å². The molecule has 3 rings (SSSR count). The van der Waals surface area contributed by atoms with Crippen molar-refractivity contribution >= 4 is 11.3 Å². The summed E-state index contributed by atoms with van der Waals surface area (Å²) in [5.41, 5.74) is 1.65. The van der Waals surface area contributed by atoms with Crippen LogP contribution in [0.2, 0.25) is 0 Å². The van der Waals surface area contributed by atoms with Gasteiger partial charge in [0, 0.05) is 4.88 Å². The van der Waals surface area contributed by atoms with E-state index < -0.39 is 0 Å². The number of aryl methyl sites for hydroxylation is 1. The van der Waals surface area contributed by atoms with Crippen LogP contribution in [-0.2, 0) is 12.8 Å². The van der Waals surface area contributed by atoms with Crippen molar-refractivity contribution in [2.45, 2.75) is 40.0 Å². The van der Waals surface area contributed by atoms with Gasteiger partial charge in [0.15, 0.2) is 10.8 Å². The van der Waals surface area contributed by atoms with Crippen LogP contribution in [0.4, 0.5) is 0 Å². The second-order valence-corrected chi connectivity index (χ2v) is 7.11. The van der Waals surface area contributed by atoms with Crippen molar-refractivity contribution in [3.63, 3.8) is 0 Å². The Hall–Kier alpha value is -1.23. The normalized spacial score (nSPS) is 19.8. The van der Waals surface area contributed by atoms with Crippen molar-refractivity contribution in [1.29, 1.82) is 0 Å². The summed E-state index contributed by atoms with van der Waals surface area (Å²) in [7, 11) is 0. The smallest absolute Gasteiger partial charge is 0.184 e. The first-order valence-electron chi connectivity index (χ1n) is 6.38. The highest BCUT2D eigenvalue weighted by atomic mass is 32.1. The van der Waals surface area contributed by atoms with Crippen molar-refractivity contribution in [1.82, 2.24) is 20.2 Å². The number of nitrogens with zero attached hydrogens (tertiary/aromatic N) is 3. The summed E-state index contributed by atoms with van der Waals surface area (Å²) >= 11 is 1.77. The summed E-state index contributed by atoms with van der Waals surface area (Å²) in [5, 5.41) is 7.76. The van der Waals surface area contributed by atoms with Gasteiger partial charge in [0.25, 0.3) is 0 Å². The number of aromatic amines is 1. The Morgan fingerprint density at radius 1 is 1.39 bits per heavy atom. The van der Waals surface area contributed by atoms with Crippen molar-refractivity contribution in [2.75, 3.05) is 0 Å². The molecule has 0 saturated carbocycles. The molecule has 2 heterocycles. The van der Waals surface area contributed by atoms with Crippen molar-refractivity contribution < 1.29 is 0 Å². The third-order valence-electron chi connectivity index (χ3n) is 3.78. The Bertz CT molecular complexity index is 536. The first-order chi connectivity index (χ1) is 8.54. The number of thiazole rings is 1. The molecule has 0 saturated heterocycles. The Labute approximate surface area is 111 Å². The van der Waals surface area contributed by atoms with Crippen LogP contribution >= 0.6 is 11.3 Å². The Balaban J connectivity index is 1.89. The number of hydrogen-bond donors (Lipinski definition) is 1. The van der Waals surface area contributed by atoms with Gasteiger partial charge in [-0.05, 0) is 30.6 Å². The molecule has 96 valence electrons. The van der Waals surface area contributed by atoms with Crippen LogP contribution < -0.4 is 0 Å². The van der Waals surface area contributed by atoms with Crippen molar-refractivity contribution in [2.24, 2.45) is 11.3 Å². The van der Waals surface area contributed by atoms with Gasteiger partial charge >= 0.3 is 0 Å². The summed E-state index contributed by atoms with van der Waals surface area (Å²) in [6.07, 6.45) is 5.04. The Kier molecular flexibility index (Phi) is 2.73. The Morgan fingerprint density at radius 3 is 2.89 bits per heavy atom. The van der Waals surface area contributed by atoms with E-state index in [-0.39, 0.29) is 0 Å². The van der Waals surface area contributed by atoms with Crippen LogP contribution in [0, 0.1) is 11.3 Å². The van der Waals surface area contributed by atoms with Gasteiger partial charge < -0.3 is 0 Å². The summed E-state index contributed by atoms with van der Waals surface area (Å²) in [6.45, 7) is 7.00. The number of aromatic nitrogens is 4. The number of hydrogen-bond acceptors (Lipinski definition) is 4. The molecule has 2 aromatic rings. The molecule has 1 aliphatic rings. The molecule has 0 radical (unpaired) electrons. The lowest BCUT2D eigenvalue weighted by molar-refractivity contribution is 0.217. The van der Waals surface area contributed by atoms with Gasteiger partial charge in [0.2, 0.25) is 0 Å². The average Bonchev–Trinajstić information content (AvgIpc) is 2.95. The van der Waals surface area contributed by atoms with E-state index in [4.69, 9.17) is 4.98 Å². The molecule has 4 nitrogen and oxygen atoms in total. The number of H-pyrrole nitrogens is 1. The summed E-state index contributed by atoms with van der Waals surface area (Å²) < 4.78 is 0. The maximum Gasteiger partial charge on any atom is 0.184 e. The molecule has 0 spiro atoms. The monoisotopic (exact) mass is 262 g/mol. The fourth-order valence-corrected chi connectivity index (χ4v) is 3.66. The van der Waals surface area contributed by atoms with Gasteiger partial charge in [-0.1, -0.05) is 20.8 Å². The molecule has 0 amide bonds. The zero-order chi connectivity index (χ0) is 12.8. The molecule has 0 bridgehead atoms. The van der Waals surface area contributed by atoms with E-state index in [1.54, 1.807) is 11.3 Å². The van der Waals surface area contributed by atoms with Gasteiger partial charge in [0.1, 0.15) is 6.33 Å². The number of fused-ring (bicyclic) bond motifs is 1. The molecule has 0 aromatic carbocycles. The van der Waals surface area contributed by atoms with E-state index >= 15 is 0 Å². The van der Waals surface area contributed by atoms with Crippen molar-refractivity contribution in [3.05, 3.63) is 16.9 Å². The molecule has 18 heavy (non-hydrogen) atoms. The topological polar surface area (TPSA) is 54.5 Å². The SMILES string of the molecule is CC(C)(C)C1CCc2nc(-c3ncn[nH]3)sc2C1. The summed E-state index contributed by atoms with van der Waals surface area (Å²) in [5.74, 6) is 1.55. The highest BCUT2D eigenvalue weighted by Gasteiger charge is 2.30. The fraction of sp³-hybridized carbons (Fsp3) is 0.615. The van der Waals surface area contributed by atoms with Crippen LogP contribution in [-0.4, -0.2) is 20.2 Å². The molecule has 1 N–H and O–H groups in total. The molecule has 5 heteroatoms. The third kappa shape index (κ3) is 2.07. The molecular weight excluding hydrogens is 244 g/mol. The largest absolute Gasteiger partial charge is 0.257 e. The standard InChI is InChI=1S/C13H18N4S/c1-13(2,3)8-4-5-9-10(6-8)18-12(16-9)11-14-7-15-17-11/h7-8H,4-6H2,1-3H3,(H,14,15,17). The first-order valence-corrected chi connectivity index (χ1v) is 7.20. The minimum absolute atomic E-state index is 0.383. The average molecular weight is 262 g/mol. The van der Waals surface area contributed by atoms with Crippen LogP contribution in [0.3, 0.4) is 0 Å². The first kappa shape index (κ1) is 11.8. The highest BCUT2D eigenvalue weighted by Crippen LogP contribution is 2.40. The second kappa shape index (κ2) is 4.16. The number of rotatable bonds is 1. The van der Waals surface area contributed by atoms with Crippen LogP contribution in [0.15, 0.2) is 6.33 Å². The maximum absolute atomic E-state index is 4.69. The predicted molar refractivity (Wildman–Crippen MR) is 72.5 cm³/mol. The lowest BCUT2D eigenvalue weighted by Crippen LogP contribution is -2.26. The fourth-order valence-electron chi connectivity index (χ4n) is 2.52. The minimum Gasteiger partial charge on any atom is -0.257 e. The quantitative estimate of drug-likeness (QED) is 0.859. The molecule has 2 aromatic heterocycles. The molecule has 1 aliphatic carbocycles. The van der Waals surface area contributed by atoms with E-state index in [1.165, 1.54) is 23.3 Å². The van der Waals surface area contributed by atoms with Gasteiger partial charge in [-0.25, -0.2) is 9.97 Å². The molecule has 0 fully saturated rings. The van der Waals surface area contributed by atoms with Gasteiger partial charge in [-0.15, -0.1) is 11.3 Å². The van der Waals surface area contributed by atoms with Gasteiger partial charge in [0.05, 0.1) is 5.69 Å². The third-order valence-corrected chi connectivity index (χ3v) is 4.91. The molecule has 1 atom stereocenters. The second-order valence-electron chi connectivity index (χ2n) is 6.03. The zero-order valence-corrected chi connectivity index (χ0v) is 11.8. The predicted octanol–water partition coefficient (Wildman–Crippen LogP) is 3.08. The van der Waals surface area contributed by atoms with E-state index in [0.29, 0.717) is 5.41 Å². The summed E-state index contributed by atoms with van der Waals surface area (Å²) in [4.78, 5) is 10.3. The van der Waals surface area contributed by atoms with Crippen LogP contribution in [0.1, 0.15) is 37.8 Å². The van der Waals surface area contributed by atoms with E-state index in [2.05, 4.69) is 36.0 Å². The van der Waals surface area contributed by atoms with Gasteiger partial charge in [-0.2, -0.15) is 5.10 Å². The zero-order valence-electron chi connectivity index (χ0n) is 11.0. The Morgan fingerprint density at radius 2 is 2.22 bits per heavy atom. The molecular formula is C13H18N4S. The number of nitrogens with one attached hydrogen (secondary N) is 1. The van der Waals surface area contributed by atoms with E-state index in [0.717, 1.165) is 29.6 Å². The van der Waals surface area contributed by atoms with Crippen LogP contribution in [0.25, 0.3) is 10.8 Å². The molecule has 1 unspecified atom stereocenters. The lowest BCUT2D eigenvalue weighted by atomic mass is 9.73. The molecule has 0 aliphatic heterocycles. The van der Waals surface area contributed by atoms with E-state index in [9.17, 15) is 0 Å². The maximum atomic E-state index is 4.69. The van der Waals surface area contributed by atoms with Gasteiger partial charge in [-0.3, -0.25) is 5.10 Å². The lowest BCUT2D eigenvalue weighted by Gasteiger charge is -2.33. The van der Waals surface area contributed by atoms with Crippen LogP contribution in [0.5, 0.6) is 0 Å². The van der Waals surface area contributed by atoms with E-state index in [1.807, 2.05) is 0 Å². The highest BCUT2D eigenvalue weighted by molar-refractivity contribution is 7.15. The minimum atomic E-state index is 0.383. The summed E-state index contributed by atoms with van der Waals surface area (Å²) in [6, 6.07) is 0.